The summed E-state index contributed by atoms with van der Waals surface area (Å²) in [6, 6.07) is 0. The third-order valence-corrected chi connectivity index (χ3v) is 9.25. The van der Waals surface area contributed by atoms with Crippen LogP contribution in [0, 0.1) is 28.1 Å². The van der Waals surface area contributed by atoms with Crippen LogP contribution in [0.4, 0.5) is 0 Å². The second kappa shape index (κ2) is 4.46. The van der Waals surface area contributed by atoms with Gasteiger partial charge in [0.15, 0.2) is 0 Å². The topological polar surface area (TPSA) is 69.9 Å². The molecule has 0 aromatic rings. The molecule has 4 nitrogen and oxygen atoms in total. The largest absolute Gasteiger partial charge is 0.396 e. The standard InChI is InChI=1S/C20H30O4/c1-17(10-21)14-4-3-12-16-13-9-19(12,7-8-20(13,23)11-24-16)18(14,2)6-5-15(17)22/h3,13-16,21-23H,4-11H2,1-2H3/t13-,14-,15+,16+,17-,18-,19-,20-/m0/s1. The van der Waals surface area contributed by atoms with E-state index in [4.69, 9.17) is 4.74 Å². The molecule has 0 aromatic carbocycles. The molecule has 0 unspecified atom stereocenters. The van der Waals surface area contributed by atoms with Crippen LogP contribution in [0.2, 0.25) is 0 Å². The van der Waals surface area contributed by atoms with Crippen molar-refractivity contribution in [3.8, 4) is 0 Å². The lowest BCUT2D eigenvalue weighted by atomic mass is 9.41. The SMILES string of the molecule is C[C@@]1(CO)[C@H](O)CC[C@@]2(C)[C@H]1CC=C1[C@H]3OC[C@@]4(O)CC[C@]12C[C@@H]34. The maximum absolute atomic E-state index is 11.0. The van der Waals surface area contributed by atoms with Crippen molar-refractivity contribution in [1.82, 2.24) is 0 Å². The fraction of sp³-hybridized carbons (Fsp3) is 0.900. The minimum absolute atomic E-state index is 0.0426. The zero-order valence-electron chi connectivity index (χ0n) is 14.8. The van der Waals surface area contributed by atoms with E-state index < -0.39 is 17.1 Å². The number of hydrogen-bond acceptors (Lipinski definition) is 4. The molecule has 24 heavy (non-hydrogen) atoms. The molecule has 0 aromatic heterocycles. The first kappa shape index (κ1) is 15.8. The quantitative estimate of drug-likeness (QED) is 0.642. The number of ether oxygens (including phenoxy) is 1. The summed E-state index contributed by atoms with van der Waals surface area (Å²) in [6.45, 7) is 5.00. The van der Waals surface area contributed by atoms with E-state index >= 15 is 0 Å². The highest BCUT2D eigenvalue weighted by atomic mass is 16.5. The highest BCUT2D eigenvalue weighted by Gasteiger charge is 2.72. The van der Waals surface area contributed by atoms with Gasteiger partial charge in [-0.2, -0.15) is 0 Å². The van der Waals surface area contributed by atoms with Crippen LogP contribution in [-0.2, 0) is 4.74 Å². The lowest BCUT2D eigenvalue weighted by Crippen LogP contribution is -2.61. The number of rotatable bonds is 1. The van der Waals surface area contributed by atoms with Crippen LogP contribution in [0.3, 0.4) is 0 Å². The van der Waals surface area contributed by atoms with Gasteiger partial charge in [0, 0.05) is 16.7 Å². The molecular weight excluding hydrogens is 304 g/mol. The molecule has 0 amide bonds. The third kappa shape index (κ3) is 1.48. The van der Waals surface area contributed by atoms with Crippen LogP contribution >= 0.6 is 0 Å². The van der Waals surface area contributed by atoms with E-state index in [0.29, 0.717) is 6.61 Å². The Bertz CT molecular complexity index is 617. The smallest absolute Gasteiger partial charge is 0.0937 e. The Kier molecular flexibility index (Phi) is 2.93. The Hall–Kier alpha value is -0.420. The minimum Gasteiger partial charge on any atom is -0.396 e. The van der Waals surface area contributed by atoms with Crippen molar-refractivity contribution in [2.45, 2.75) is 70.2 Å². The van der Waals surface area contributed by atoms with E-state index in [1.165, 1.54) is 5.57 Å². The predicted molar refractivity (Wildman–Crippen MR) is 89.2 cm³/mol. The minimum atomic E-state index is -0.631. The zero-order chi connectivity index (χ0) is 17.0. The second-order valence-electron chi connectivity index (χ2n) is 9.81. The Morgan fingerprint density at radius 1 is 1.25 bits per heavy atom. The van der Waals surface area contributed by atoms with Crippen molar-refractivity contribution in [3.63, 3.8) is 0 Å². The fourth-order valence-electron chi connectivity index (χ4n) is 7.66. The van der Waals surface area contributed by atoms with Crippen LogP contribution in [0.5, 0.6) is 0 Å². The number of hydrogen-bond donors (Lipinski definition) is 3. The second-order valence-corrected chi connectivity index (χ2v) is 9.81. The van der Waals surface area contributed by atoms with E-state index in [2.05, 4.69) is 19.9 Å². The summed E-state index contributed by atoms with van der Waals surface area (Å²) >= 11 is 0. The Morgan fingerprint density at radius 2 is 2.04 bits per heavy atom. The molecule has 1 spiro atoms. The summed E-state index contributed by atoms with van der Waals surface area (Å²) in [5.74, 6) is 0.521. The molecule has 2 bridgehead atoms. The summed E-state index contributed by atoms with van der Waals surface area (Å²) in [7, 11) is 0. The molecule has 134 valence electrons. The maximum atomic E-state index is 11.0. The van der Waals surface area contributed by atoms with Gasteiger partial charge < -0.3 is 20.1 Å². The molecule has 8 atom stereocenters. The first-order chi connectivity index (χ1) is 11.3. The average Bonchev–Trinajstić information content (AvgIpc) is 3.05. The molecule has 5 aliphatic rings. The zero-order valence-corrected chi connectivity index (χ0v) is 14.8. The molecule has 1 aliphatic heterocycles. The lowest BCUT2D eigenvalue weighted by Gasteiger charge is -2.64. The Balaban J connectivity index is 1.65. The third-order valence-electron chi connectivity index (χ3n) is 9.25. The van der Waals surface area contributed by atoms with Crippen LogP contribution in [-0.4, -0.2) is 46.3 Å². The first-order valence-electron chi connectivity index (χ1n) is 9.64. The van der Waals surface area contributed by atoms with Crippen LogP contribution in [0.1, 0.15) is 52.4 Å². The fourth-order valence-corrected chi connectivity index (χ4v) is 7.66. The van der Waals surface area contributed by atoms with Crippen LogP contribution < -0.4 is 0 Å². The van der Waals surface area contributed by atoms with Gasteiger partial charge in [-0.25, -0.2) is 0 Å². The van der Waals surface area contributed by atoms with Gasteiger partial charge >= 0.3 is 0 Å². The molecule has 1 heterocycles. The van der Waals surface area contributed by atoms with Gasteiger partial charge in [0.05, 0.1) is 31.0 Å². The van der Waals surface area contributed by atoms with E-state index in [1.54, 1.807) is 0 Å². The van der Waals surface area contributed by atoms with E-state index in [0.717, 1.165) is 38.5 Å². The van der Waals surface area contributed by atoms with Gasteiger partial charge in [0.25, 0.3) is 0 Å². The highest BCUT2D eigenvalue weighted by molar-refractivity contribution is 5.39. The lowest BCUT2D eigenvalue weighted by molar-refractivity contribution is -0.182. The van der Waals surface area contributed by atoms with Crippen LogP contribution in [0.15, 0.2) is 11.6 Å². The molecule has 4 fully saturated rings. The van der Waals surface area contributed by atoms with Crippen molar-refractivity contribution >= 4 is 0 Å². The first-order valence-corrected chi connectivity index (χ1v) is 9.64. The van der Waals surface area contributed by atoms with E-state index in [9.17, 15) is 15.3 Å². The van der Waals surface area contributed by atoms with Crippen LogP contribution in [0.25, 0.3) is 0 Å². The van der Waals surface area contributed by atoms with E-state index in [1.807, 2.05) is 0 Å². The van der Waals surface area contributed by atoms with Crippen molar-refractivity contribution in [2.75, 3.05) is 13.2 Å². The predicted octanol–water partition coefficient (Wildman–Crippen LogP) is 2.02. The Labute approximate surface area is 143 Å². The highest BCUT2D eigenvalue weighted by Crippen LogP contribution is 2.75. The molecule has 0 radical (unpaired) electrons. The van der Waals surface area contributed by atoms with Crippen molar-refractivity contribution in [2.24, 2.45) is 28.1 Å². The summed E-state index contributed by atoms with van der Waals surface area (Å²) in [5, 5.41) is 31.8. The van der Waals surface area contributed by atoms with Gasteiger partial charge in [0.2, 0.25) is 0 Å². The summed E-state index contributed by atoms with van der Waals surface area (Å²) in [4.78, 5) is 0. The van der Waals surface area contributed by atoms with Gasteiger partial charge in [-0.15, -0.1) is 0 Å². The molecule has 3 N–H and O–H groups in total. The van der Waals surface area contributed by atoms with Gasteiger partial charge in [-0.3, -0.25) is 0 Å². The molecule has 5 rings (SSSR count). The monoisotopic (exact) mass is 334 g/mol. The summed E-state index contributed by atoms with van der Waals surface area (Å²) < 4.78 is 6.09. The van der Waals surface area contributed by atoms with Gasteiger partial charge in [-0.1, -0.05) is 19.9 Å². The van der Waals surface area contributed by atoms with Crippen molar-refractivity contribution < 1.29 is 20.1 Å². The van der Waals surface area contributed by atoms with Crippen molar-refractivity contribution in [1.29, 1.82) is 0 Å². The van der Waals surface area contributed by atoms with E-state index in [-0.39, 0.29) is 35.4 Å². The number of allylic oxidation sites excluding steroid dienone is 1. The van der Waals surface area contributed by atoms with Gasteiger partial charge in [0.1, 0.15) is 0 Å². The Morgan fingerprint density at radius 3 is 2.79 bits per heavy atom. The molecule has 1 saturated heterocycles. The van der Waals surface area contributed by atoms with Gasteiger partial charge in [-0.05, 0) is 55.4 Å². The number of fused-ring (bicyclic) bond motifs is 2. The maximum Gasteiger partial charge on any atom is 0.0937 e. The van der Waals surface area contributed by atoms with Crippen molar-refractivity contribution in [3.05, 3.63) is 11.6 Å². The number of aliphatic hydroxyl groups excluding tert-OH is 2. The molecule has 4 aliphatic carbocycles. The molecule has 4 heteroatoms. The molecule has 3 saturated carbocycles. The number of aliphatic hydroxyl groups is 3. The molecular formula is C20H30O4. The average molecular weight is 334 g/mol. The summed E-state index contributed by atoms with van der Waals surface area (Å²) in [5.41, 5.74) is 0.540. The normalized spacial score (nSPS) is 61.3. The summed E-state index contributed by atoms with van der Waals surface area (Å²) in [6.07, 6.45) is 7.58.